The molecule has 30 heavy (non-hydrogen) atoms. The normalized spacial score (nSPS) is 18.6. The maximum absolute atomic E-state index is 12.8. The maximum Gasteiger partial charge on any atom is 0.228 e. The van der Waals surface area contributed by atoms with Crippen LogP contribution in [0.5, 0.6) is 11.6 Å². The summed E-state index contributed by atoms with van der Waals surface area (Å²) >= 11 is 0. The number of carbonyl (C=O) groups is 1. The first-order valence-corrected chi connectivity index (χ1v) is 10.4. The van der Waals surface area contributed by atoms with E-state index in [-0.39, 0.29) is 5.78 Å². The number of aromatic amines is 1. The second kappa shape index (κ2) is 7.75. The van der Waals surface area contributed by atoms with Crippen molar-refractivity contribution in [3.63, 3.8) is 0 Å². The molecule has 150 valence electrons. The average molecular weight is 397 g/mol. The Balaban J connectivity index is 1.35. The first-order valence-electron chi connectivity index (χ1n) is 10.4. The number of aromatic nitrogens is 3. The molecule has 1 fully saturated rings. The van der Waals surface area contributed by atoms with Gasteiger partial charge in [0.15, 0.2) is 5.82 Å². The minimum atomic E-state index is -0.142. The number of carbonyl (C=O) groups excluding carboxylic acids is 1. The zero-order chi connectivity index (χ0) is 20.5. The van der Waals surface area contributed by atoms with Crippen molar-refractivity contribution in [2.75, 3.05) is 0 Å². The molecule has 5 nitrogen and oxygen atoms in total. The van der Waals surface area contributed by atoms with Crippen LogP contribution in [0.1, 0.15) is 53.8 Å². The smallest absolute Gasteiger partial charge is 0.228 e. The summed E-state index contributed by atoms with van der Waals surface area (Å²) in [5.74, 6) is 2.77. The monoisotopic (exact) mass is 397 g/mol. The van der Waals surface area contributed by atoms with Crippen molar-refractivity contribution in [2.24, 2.45) is 5.92 Å². The van der Waals surface area contributed by atoms with Crippen LogP contribution in [0.3, 0.4) is 0 Å². The molecule has 0 spiro atoms. The van der Waals surface area contributed by atoms with Crippen LogP contribution in [-0.4, -0.2) is 20.7 Å². The number of nitrogens with zero attached hydrogens (tertiary/aromatic N) is 2. The molecule has 0 saturated heterocycles. The lowest BCUT2D eigenvalue weighted by Crippen LogP contribution is -2.03. The van der Waals surface area contributed by atoms with Crippen LogP contribution in [0, 0.1) is 5.92 Å². The topological polar surface area (TPSA) is 67.9 Å². The lowest BCUT2D eigenvalue weighted by molar-refractivity contribution is 0.103. The number of imidazole rings is 1. The first-order chi connectivity index (χ1) is 14.7. The number of benzene rings is 2. The molecule has 0 bridgehead atoms. The van der Waals surface area contributed by atoms with Crippen molar-refractivity contribution < 1.29 is 9.53 Å². The molecule has 2 atom stereocenters. The van der Waals surface area contributed by atoms with Gasteiger partial charge in [0.1, 0.15) is 5.75 Å². The van der Waals surface area contributed by atoms with E-state index in [1.807, 2.05) is 42.5 Å². The van der Waals surface area contributed by atoms with Gasteiger partial charge < -0.3 is 9.72 Å². The van der Waals surface area contributed by atoms with E-state index in [0.29, 0.717) is 28.9 Å². The Morgan fingerprint density at radius 3 is 2.63 bits per heavy atom. The predicted molar refractivity (Wildman–Crippen MR) is 116 cm³/mol. The second-order valence-electron chi connectivity index (χ2n) is 8.07. The molecule has 1 N–H and O–H groups in total. The third-order valence-electron chi connectivity index (χ3n) is 5.87. The van der Waals surface area contributed by atoms with E-state index in [2.05, 4.69) is 27.9 Å². The van der Waals surface area contributed by atoms with Crippen molar-refractivity contribution >= 4 is 16.8 Å². The van der Waals surface area contributed by atoms with Crippen molar-refractivity contribution in [3.8, 4) is 11.6 Å². The molecule has 0 radical (unpaired) electrons. The van der Waals surface area contributed by atoms with Gasteiger partial charge in [0.25, 0.3) is 0 Å². The average Bonchev–Trinajstić information content (AvgIpc) is 3.40. The number of pyridine rings is 1. The summed E-state index contributed by atoms with van der Waals surface area (Å²) in [5.41, 5.74) is 3.37. The van der Waals surface area contributed by atoms with Crippen molar-refractivity contribution in [1.82, 2.24) is 15.0 Å². The van der Waals surface area contributed by atoms with Gasteiger partial charge in [-0.2, -0.15) is 0 Å². The maximum atomic E-state index is 12.8. The number of rotatable bonds is 5. The molecule has 0 aliphatic heterocycles. The van der Waals surface area contributed by atoms with Gasteiger partial charge in [-0.05, 0) is 67.1 Å². The summed E-state index contributed by atoms with van der Waals surface area (Å²) in [6.07, 6.45) is 5.36. The van der Waals surface area contributed by atoms with Gasteiger partial charge in [0.2, 0.25) is 11.7 Å². The number of ether oxygens (including phenoxy) is 1. The zero-order valence-electron chi connectivity index (χ0n) is 16.8. The third-order valence-corrected chi connectivity index (χ3v) is 5.87. The van der Waals surface area contributed by atoms with Gasteiger partial charge in [0.05, 0.1) is 11.0 Å². The van der Waals surface area contributed by atoms with Gasteiger partial charge in [-0.3, -0.25) is 4.79 Å². The van der Waals surface area contributed by atoms with E-state index in [0.717, 1.165) is 17.0 Å². The van der Waals surface area contributed by atoms with Crippen LogP contribution in [0.2, 0.25) is 0 Å². The fourth-order valence-electron chi connectivity index (χ4n) is 4.27. The second-order valence-corrected chi connectivity index (χ2v) is 8.07. The minimum Gasteiger partial charge on any atom is -0.439 e. The number of ketones is 1. The molecule has 1 saturated carbocycles. The quantitative estimate of drug-likeness (QED) is 0.427. The van der Waals surface area contributed by atoms with Crippen LogP contribution in [0.25, 0.3) is 11.0 Å². The molecule has 4 aromatic rings. The van der Waals surface area contributed by atoms with E-state index < -0.39 is 0 Å². The van der Waals surface area contributed by atoms with E-state index in [1.165, 1.54) is 24.8 Å². The van der Waals surface area contributed by atoms with E-state index >= 15 is 0 Å². The van der Waals surface area contributed by atoms with Gasteiger partial charge in [-0.1, -0.05) is 31.5 Å². The fourth-order valence-corrected chi connectivity index (χ4v) is 4.27. The van der Waals surface area contributed by atoms with Crippen LogP contribution >= 0.6 is 0 Å². The van der Waals surface area contributed by atoms with Gasteiger partial charge in [-0.15, -0.1) is 0 Å². The molecular formula is C25H23N3O2. The SMILES string of the molecule is C[C@H]1CC[C@H](c2cccnc2Oc2ccc(C(=O)c3nc4ccccc4[nH]3)cc2)C1. The molecular weight excluding hydrogens is 374 g/mol. The molecule has 1 aliphatic carbocycles. The highest BCUT2D eigenvalue weighted by atomic mass is 16.5. The Morgan fingerprint density at radius 1 is 1.03 bits per heavy atom. The molecule has 2 aromatic carbocycles. The number of hydrogen-bond donors (Lipinski definition) is 1. The fraction of sp³-hybridized carbons (Fsp3) is 0.240. The Kier molecular flexibility index (Phi) is 4.79. The largest absolute Gasteiger partial charge is 0.439 e. The number of fused-ring (bicyclic) bond motifs is 1. The summed E-state index contributed by atoms with van der Waals surface area (Å²) < 4.78 is 6.10. The number of nitrogens with one attached hydrogen (secondary N) is 1. The van der Waals surface area contributed by atoms with Gasteiger partial charge >= 0.3 is 0 Å². The zero-order valence-corrected chi connectivity index (χ0v) is 16.8. The standard InChI is InChI=1S/C25H23N3O2/c1-16-8-9-18(15-16)20-5-4-14-26-25(20)30-19-12-10-17(11-13-19)23(29)24-27-21-6-2-3-7-22(21)28-24/h2-7,10-14,16,18H,8-9,15H2,1H3,(H,27,28)/t16-,18-/m0/s1. The lowest BCUT2D eigenvalue weighted by atomic mass is 9.98. The van der Waals surface area contributed by atoms with Crippen LogP contribution in [0.15, 0.2) is 66.9 Å². The highest BCUT2D eigenvalue weighted by Crippen LogP contribution is 2.41. The van der Waals surface area contributed by atoms with Crippen LogP contribution in [0.4, 0.5) is 0 Å². The molecule has 2 aromatic heterocycles. The van der Waals surface area contributed by atoms with Crippen molar-refractivity contribution in [1.29, 1.82) is 0 Å². The number of para-hydroxylation sites is 2. The Hall–Kier alpha value is -3.47. The summed E-state index contributed by atoms with van der Waals surface area (Å²) in [4.78, 5) is 24.7. The Morgan fingerprint density at radius 2 is 1.87 bits per heavy atom. The van der Waals surface area contributed by atoms with Crippen molar-refractivity contribution in [2.45, 2.75) is 32.1 Å². The van der Waals surface area contributed by atoms with Crippen molar-refractivity contribution in [3.05, 3.63) is 83.8 Å². The third kappa shape index (κ3) is 3.59. The molecule has 1 aliphatic rings. The predicted octanol–water partition coefficient (Wildman–Crippen LogP) is 5.88. The van der Waals surface area contributed by atoms with E-state index in [9.17, 15) is 4.79 Å². The molecule has 5 heteroatoms. The van der Waals surface area contributed by atoms with E-state index in [4.69, 9.17) is 4.74 Å². The Bertz CT molecular complexity index is 1160. The van der Waals surface area contributed by atoms with E-state index in [1.54, 1.807) is 18.3 Å². The molecule has 0 amide bonds. The van der Waals surface area contributed by atoms with Gasteiger partial charge in [-0.25, -0.2) is 9.97 Å². The lowest BCUT2D eigenvalue weighted by Gasteiger charge is -2.15. The minimum absolute atomic E-state index is 0.142. The van der Waals surface area contributed by atoms with Crippen LogP contribution < -0.4 is 4.74 Å². The molecule has 2 heterocycles. The van der Waals surface area contributed by atoms with Crippen LogP contribution in [-0.2, 0) is 0 Å². The highest BCUT2D eigenvalue weighted by molar-refractivity contribution is 6.08. The Labute approximate surface area is 175 Å². The summed E-state index contributed by atoms with van der Waals surface area (Å²) in [7, 11) is 0. The first kappa shape index (κ1) is 18.6. The summed E-state index contributed by atoms with van der Waals surface area (Å²) in [6.45, 7) is 2.30. The molecule has 0 unspecified atom stereocenters. The number of hydrogen-bond acceptors (Lipinski definition) is 4. The van der Waals surface area contributed by atoms with Gasteiger partial charge in [0, 0.05) is 17.3 Å². The molecule has 5 rings (SSSR count). The number of H-pyrrole nitrogens is 1. The summed E-state index contributed by atoms with van der Waals surface area (Å²) in [6, 6.07) is 18.9. The highest BCUT2D eigenvalue weighted by Gasteiger charge is 2.26. The summed E-state index contributed by atoms with van der Waals surface area (Å²) in [5, 5.41) is 0.